The Labute approximate surface area is 123 Å². The number of aliphatic hydroxyl groups is 1. The van der Waals surface area contributed by atoms with Crippen molar-refractivity contribution in [3.63, 3.8) is 0 Å². The number of halogens is 2. The van der Waals surface area contributed by atoms with Crippen molar-refractivity contribution in [3.05, 3.63) is 52.3 Å². The number of aryl methyl sites for hydroxylation is 1. The summed E-state index contributed by atoms with van der Waals surface area (Å²) >= 11 is 0. The lowest BCUT2D eigenvalue weighted by Crippen LogP contribution is -2.09. The van der Waals surface area contributed by atoms with E-state index in [4.69, 9.17) is 0 Å². The second-order valence-corrected chi connectivity index (χ2v) is 5.08. The van der Waals surface area contributed by atoms with Crippen molar-refractivity contribution in [2.24, 2.45) is 0 Å². The van der Waals surface area contributed by atoms with Crippen LogP contribution in [0.5, 0.6) is 0 Å². The predicted octanol–water partition coefficient (Wildman–Crippen LogP) is 3.39. The summed E-state index contributed by atoms with van der Waals surface area (Å²) in [5, 5.41) is 14.4. The van der Waals surface area contributed by atoms with Crippen LogP contribution in [-0.4, -0.2) is 14.9 Å². The third kappa shape index (κ3) is 3.13. The predicted molar refractivity (Wildman–Crippen MR) is 77.1 cm³/mol. The molecule has 0 fully saturated rings. The third-order valence-electron chi connectivity index (χ3n) is 3.60. The molecular weight excluding hydrogens is 274 g/mol. The first-order valence-electron chi connectivity index (χ1n) is 7.18. The molecule has 0 saturated heterocycles. The van der Waals surface area contributed by atoms with Crippen LogP contribution in [-0.2, 0) is 19.4 Å². The van der Waals surface area contributed by atoms with Crippen LogP contribution < -0.4 is 0 Å². The number of benzene rings is 1. The van der Waals surface area contributed by atoms with E-state index in [0.717, 1.165) is 23.0 Å². The van der Waals surface area contributed by atoms with Crippen molar-refractivity contribution in [3.8, 4) is 0 Å². The lowest BCUT2D eigenvalue weighted by Gasteiger charge is -2.10. The largest absolute Gasteiger partial charge is 0.389 e. The Balaban J connectivity index is 2.44. The molecule has 1 heterocycles. The van der Waals surface area contributed by atoms with Crippen molar-refractivity contribution in [1.29, 1.82) is 0 Å². The molecule has 0 aliphatic heterocycles. The second-order valence-electron chi connectivity index (χ2n) is 5.08. The van der Waals surface area contributed by atoms with Crippen molar-refractivity contribution in [2.45, 2.75) is 46.3 Å². The molecule has 1 aromatic heterocycles. The van der Waals surface area contributed by atoms with Gasteiger partial charge in [-0.1, -0.05) is 19.9 Å². The zero-order valence-corrected chi connectivity index (χ0v) is 12.5. The topological polar surface area (TPSA) is 38.0 Å². The molecule has 2 rings (SSSR count). The van der Waals surface area contributed by atoms with E-state index >= 15 is 0 Å². The fourth-order valence-corrected chi connectivity index (χ4v) is 2.62. The highest BCUT2D eigenvalue weighted by molar-refractivity contribution is 5.30. The summed E-state index contributed by atoms with van der Waals surface area (Å²) in [5.74, 6) is -1.17. The average Bonchev–Trinajstić information content (AvgIpc) is 2.79. The van der Waals surface area contributed by atoms with E-state index in [0.29, 0.717) is 18.4 Å². The van der Waals surface area contributed by atoms with Gasteiger partial charge in [0, 0.05) is 22.9 Å². The van der Waals surface area contributed by atoms with Crippen molar-refractivity contribution in [1.82, 2.24) is 9.78 Å². The zero-order chi connectivity index (χ0) is 15.6. The molecule has 1 atom stereocenters. The molecule has 3 nitrogen and oxygen atoms in total. The minimum atomic E-state index is -0.610. The molecule has 5 heteroatoms. The molecule has 1 unspecified atom stereocenters. The summed E-state index contributed by atoms with van der Waals surface area (Å²) in [5.41, 5.74) is 2.92. The van der Waals surface area contributed by atoms with Crippen LogP contribution in [0.4, 0.5) is 8.78 Å². The normalized spacial score (nSPS) is 12.7. The Bertz CT molecular complexity index is 635. The van der Waals surface area contributed by atoms with Crippen LogP contribution >= 0.6 is 0 Å². The fraction of sp³-hybridized carbons (Fsp3) is 0.438. The summed E-state index contributed by atoms with van der Waals surface area (Å²) in [7, 11) is 0. The van der Waals surface area contributed by atoms with E-state index in [2.05, 4.69) is 5.10 Å². The number of rotatable bonds is 5. The molecule has 1 N–H and O–H groups in total. The lowest BCUT2D eigenvalue weighted by atomic mass is 10.0. The third-order valence-corrected chi connectivity index (χ3v) is 3.60. The molecule has 114 valence electrons. The smallest absolute Gasteiger partial charge is 0.131 e. The van der Waals surface area contributed by atoms with E-state index in [-0.39, 0.29) is 6.54 Å². The molecule has 0 spiro atoms. The first-order chi connectivity index (χ1) is 9.97. The maximum atomic E-state index is 13.8. The molecule has 0 radical (unpaired) electrons. The summed E-state index contributed by atoms with van der Waals surface area (Å²) < 4.78 is 28.5. The van der Waals surface area contributed by atoms with E-state index < -0.39 is 17.7 Å². The van der Waals surface area contributed by atoms with Gasteiger partial charge in [0.05, 0.1) is 18.3 Å². The Hall–Kier alpha value is -1.75. The monoisotopic (exact) mass is 294 g/mol. The maximum Gasteiger partial charge on any atom is 0.131 e. The molecule has 0 bridgehead atoms. The Morgan fingerprint density at radius 1 is 1.24 bits per heavy atom. The molecule has 0 saturated carbocycles. The van der Waals surface area contributed by atoms with E-state index in [1.807, 2.05) is 13.8 Å². The van der Waals surface area contributed by atoms with Gasteiger partial charge < -0.3 is 5.11 Å². The van der Waals surface area contributed by atoms with E-state index in [9.17, 15) is 13.9 Å². The van der Waals surface area contributed by atoms with Gasteiger partial charge in [-0.25, -0.2) is 8.78 Å². The van der Waals surface area contributed by atoms with Gasteiger partial charge in [0.25, 0.3) is 0 Å². The van der Waals surface area contributed by atoms with Crippen molar-refractivity contribution >= 4 is 0 Å². The van der Waals surface area contributed by atoms with Gasteiger partial charge in [0.1, 0.15) is 11.6 Å². The highest BCUT2D eigenvalue weighted by Gasteiger charge is 2.19. The minimum absolute atomic E-state index is 0.231. The van der Waals surface area contributed by atoms with E-state index in [1.54, 1.807) is 11.6 Å². The van der Waals surface area contributed by atoms with Crippen LogP contribution in [0.3, 0.4) is 0 Å². The molecule has 2 aromatic rings. The Morgan fingerprint density at radius 2 is 1.95 bits per heavy atom. The van der Waals surface area contributed by atoms with Gasteiger partial charge in [-0.3, -0.25) is 4.68 Å². The van der Waals surface area contributed by atoms with Crippen LogP contribution in [0, 0.1) is 11.6 Å². The van der Waals surface area contributed by atoms with Crippen LogP contribution in [0.15, 0.2) is 18.2 Å². The standard InChI is InChI=1S/C16H20F2N2O/c1-4-14-16(10(3)21)15(5-2)20(19-14)9-11-6-7-12(17)8-13(11)18/h6-8,10,21H,4-5,9H2,1-3H3. The number of hydrogen-bond donors (Lipinski definition) is 1. The van der Waals surface area contributed by atoms with E-state index in [1.165, 1.54) is 12.1 Å². The van der Waals surface area contributed by atoms with Crippen molar-refractivity contribution in [2.75, 3.05) is 0 Å². The lowest BCUT2D eigenvalue weighted by molar-refractivity contribution is 0.197. The second kappa shape index (κ2) is 6.35. The first kappa shape index (κ1) is 15.6. The van der Waals surface area contributed by atoms with Crippen LogP contribution in [0.25, 0.3) is 0 Å². The summed E-state index contributed by atoms with van der Waals surface area (Å²) in [6.45, 7) is 5.88. The average molecular weight is 294 g/mol. The fourth-order valence-electron chi connectivity index (χ4n) is 2.62. The summed E-state index contributed by atoms with van der Waals surface area (Å²) in [6, 6.07) is 3.55. The highest BCUT2D eigenvalue weighted by Crippen LogP contribution is 2.24. The SMILES string of the molecule is CCc1nn(Cc2ccc(F)cc2F)c(CC)c1C(C)O. The van der Waals surface area contributed by atoms with Gasteiger partial charge in [0.15, 0.2) is 0 Å². The summed E-state index contributed by atoms with van der Waals surface area (Å²) in [6.07, 6.45) is 0.782. The number of aromatic nitrogens is 2. The molecular formula is C16H20F2N2O. The van der Waals surface area contributed by atoms with Gasteiger partial charge in [-0.05, 0) is 25.8 Å². The minimum Gasteiger partial charge on any atom is -0.389 e. The first-order valence-corrected chi connectivity index (χ1v) is 7.18. The maximum absolute atomic E-state index is 13.8. The Kier molecular flexibility index (Phi) is 4.73. The number of nitrogens with zero attached hydrogens (tertiary/aromatic N) is 2. The quantitative estimate of drug-likeness (QED) is 0.918. The molecule has 0 aliphatic rings. The van der Waals surface area contributed by atoms with Gasteiger partial charge in [-0.2, -0.15) is 5.10 Å². The summed E-state index contributed by atoms with van der Waals surface area (Å²) in [4.78, 5) is 0. The number of aliphatic hydroxyl groups excluding tert-OH is 1. The van der Waals surface area contributed by atoms with Crippen molar-refractivity contribution < 1.29 is 13.9 Å². The van der Waals surface area contributed by atoms with Crippen LogP contribution in [0.2, 0.25) is 0 Å². The molecule has 0 amide bonds. The highest BCUT2D eigenvalue weighted by atomic mass is 19.1. The molecule has 1 aromatic carbocycles. The van der Waals surface area contributed by atoms with Gasteiger partial charge >= 0.3 is 0 Å². The molecule has 0 aliphatic carbocycles. The zero-order valence-electron chi connectivity index (χ0n) is 12.5. The van der Waals surface area contributed by atoms with Crippen LogP contribution in [0.1, 0.15) is 49.4 Å². The molecule has 21 heavy (non-hydrogen) atoms. The number of hydrogen-bond acceptors (Lipinski definition) is 2. The van der Waals surface area contributed by atoms with Gasteiger partial charge in [-0.15, -0.1) is 0 Å². The Morgan fingerprint density at radius 3 is 2.48 bits per heavy atom. The van der Waals surface area contributed by atoms with Gasteiger partial charge in [0.2, 0.25) is 0 Å².